The van der Waals surface area contributed by atoms with Gasteiger partial charge < -0.3 is 14.4 Å². The number of fused-ring (bicyclic) bond motifs is 1. The number of alkyl halides is 5. The van der Waals surface area contributed by atoms with Gasteiger partial charge in [0.15, 0.2) is 5.69 Å². The Bertz CT molecular complexity index is 1520. The highest BCUT2D eigenvalue weighted by atomic mass is 32.2. The number of carbonyl (C=O) groups is 1. The third-order valence-corrected chi connectivity index (χ3v) is 6.55. The SMILES string of the molecule is CN(Cc1cn(Sc2cccc(OC(F)F)c2)c2cc(-c3cccnc3C(F)(F)F)ccc12)C(=O)OC(C)(C)C. The van der Waals surface area contributed by atoms with Crippen LogP contribution in [0.3, 0.4) is 0 Å². The fraction of sp³-hybridized carbons (Fsp3) is 0.286. The van der Waals surface area contributed by atoms with Crippen molar-refractivity contribution in [1.82, 2.24) is 13.9 Å². The monoisotopic (exact) mass is 579 g/mol. The number of hydrogen-bond acceptors (Lipinski definition) is 5. The van der Waals surface area contributed by atoms with E-state index in [0.29, 0.717) is 21.4 Å². The van der Waals surface area contributed by atoms with Crippen molar-refractivity contribution in [1.29, 1.82) is 0 Å². The van der Waals surface area contributed by atoms with Crippen molar-refractivity contribution in [3.8, 4) is 16.9 Å². The molecule has 4 rings (SSSR count). The first-order valence-corrected chi connectivity index (χ1v) is 12.8. The van der Waals surface area contributed by atoms with E-state index in [1.165, 1.54) is 29.2 Å². The molecule has 0 aliphatic rings. The number of rotatable bonds is 7. The number of pyridine rings is 1. The third kappa shape index (κ3) is 7.04. The van der Waals surface area contributed by atoms with E-state index in [4.69, 9.17) is 4.74 Å². The van der Waals surface area contributed by atoms with Gasteiger partial charge in [-0.1, -0.05) is 24.3 Å². The number of amides is 1. The molecule has 0 unspecified atom stereocenters. The molecule has 0 fully saturated rings. The summed E-state index contributed by atoms with van der Waals surface area (Å²) in [5, 5.41) is 0.684. The van der Waals surface area contributed by atoms with Crippen molar-refractivity contribution in [3.05, 3.63) is 78.2 Å². The maximum Gasteiger partial charge on any atom is 0.433 e. The zero-order valence-electron chi connectivity index (χ0n) is 22.0. The first-order valence-electron chi connectivity index (χ1n) is 12.0. The van der Waals surface area contributed by atoms with Gasteiger partial charge in [0.25, 0.3) is 0 Å². The fourth-order valence-corrected chi connectivity index (χ4v) is 4.94. The Balaban J connectivity index is 1.79. The Labute approximate surface area is 231 Å². The number of carbonyl (C=O) groups excluding carboxylic acids is 1. The van der Waals surface area contributed by atoms with Crippen LogP contribution in [0.4, 0.5) is 26.7 Å². The molecule has 0 aliphatic heterocycles. The molecule has 0 N–H and O–H groups in total. The lowest BCUT2D eigenvalue weighted by Crippen LogP contribution is -2.33. The first-order chi connectivity index (χ1) is 18.7. The molecule has 6 nitrogen and oxygen atoms in total. The Kier molecular flexibility index (Phi) is 8.29. The van der Waals surface area contributed by atoms with Gasteiger partial charge in [0, 0.05) is 35.3 Å². The second-order valence-electron chi connectivity index (χ2n) is 9.89. The van der Waals surface area contributed by atoms with E-state index in [2.05, 4.69) is 9.72 Å². The van der Waals surface area contributed by atoms with E-state index in [9.17, 15) is 26.7 Å². The summed E-state index contributed by atoms with van der Waals surface area (Å²) in [4.78, 5) is 18.1. The number of ether oxygens (including phenoxy) is 2. The van der Waals surface area contributed by atoms with Gasteiger partial charge in [-0.15, -0.1) is 0 Å². The molecule has 1 amide bonds. The molecule has 12 heteroatoms. The third-order valence-electron chi connectivity index (χ3n) is 5.59. The fourth-order valence-electron chi connectivity index (χ4n) is 3.98. The molecule has 0 bridgehead atoms. The molecule has 0 spiro atoms. The van der Waals surface area contributed by atoms with Gasteiger partial charge in [0.2, 0.25) is 0 Å². The molecule has 0 atom stereocenters. The van der Waals surface area contributed by atoms with Crippen LogP contribution in [0.15, 0.2) is 71.9 Å². The number of halogens is 5. The zero-order valence-corrected chi connectivity index (χ0v) is 22.8. The average Bonchev–Trinajstić information content (AvgIpc) is 3.18. The Morgan fingerprint density at radius 2 is 1.82 bits per heavy atom. The second-order valence-corrected chi connectivity index (χ2v) is 10.9. The quantitative estimate of drug-likeness (QED) is 0.206. The van der Waals surface area contributed by atoms with E-state index >= 15 is 0 Å². The maximum atomic E-state index is 13.7. The highest BCUT2D eigenvalue weighted by molar-refractivity contribution is 7.98. The molecular weight excluding hydrogens is 553 g/mol. The summed E-state index contributed by atoms with van der Waals surface area (Å²) in [6.45, 7) is 2.41. The molecule has 0 saturated heterocycles. The smallest absolute Gasteiger partial charge is 0.433 e. The molecule has 2 aromatic carbocycles. The van der Waals surface area contributed by atoms with Crippen LogP contribution >= 0.6 is 11.9 Å². The van der Waals surface area contributed by atoms with Crippen LogP contribution in [0.5, 0.6) is 5.75 Å². The lowest BCUT2D eigenvalue weighted by Gasteiger charge is -2.24. The molecule has 2 aromatic heterocycles. The standard InChI is InChI=1S/C28H26F5N3O3S/c1-27(2,3)39-26(37)35(4)15-18-16-36(40-20-8-5-7-19(14-20)38-25(29)30)23-13-17(10-11-21(18)23)22-9-6-12-34-24(22)28(31,32)33/h5-14,16,25H,15H2,1-4H3. The normalized spacial score (nSPS) is 12.2. The summed E-state index contributed by atoms with van der Waals surface area (Å²) in [5.41, 5.74) is -0.266. The number of aromatic nitrogens is 2. The summed E-state index contributed by atoms with van der Waals surface area (Å²) >= 11 is 1.16. The van der Waals surface area contributed by atoms with Gasteiger partial charge in [-0.05, 0) is 74.2 Å². The lowest BCUT2D eigenvalue weighted by atomic mass is 10.0. The van der Waals surface area contributed by atoms with Crippen LogP contribution in [-0.4, -0.2) is 39.2 Å². The summed E-state index contributed by atoms with van der Waals surface area (Å²) in [6, 6.07) is 13.7. The lowest BCUT2D eigenvalue weighted by molar-refractivity contribution is -0.140. The number of benzene rings is 2. The van der Waals surface area contributed by atoms with Gasteiger partial charge in [0.05, 0.1) is 12.1 Å². The summed E-state index contributed by atoms with van der Waals surface area (Å²) in [6.07, 6.45) is -2.37. The van der Waals surface area contributed by atoms with Crippen molar-refractivity contribution in [2.24, 2.45) is 0 Å². The van der Waals surface area contributed by atoms with Crippen LogP contribution < -0.4 is 4.74 Å². The minimum Gasteiger partial charge on any atom is -0.444 e. The first kappa shape index (κ1) is 29.2. The van der Waals surface area contributed by atoms with Gasteiger partial charge in [-0.2, -0.15) is 22.0 Å². The maximum absolute atomic E-state index is 13.7. The van der Waals surface area contributed by atoms with Crippen molar-refractivity contribution in [2.75, 3.05) is 7.05 Å². The predicted octanol–water partition coefficient (Wildman–Crippen LogP) is 8.25. The molecule has 0 aliphatic carbocycles. The minimum absolute atomic E-state index is 0.0350. The van der Waals surface area contributed by atoms with E-state index in [1.54, 1.807) is 68.3 Å². The number of nitrogens with zero attached hydrogens (tertiary/aromatic N) is 3. The summed E-state index contributed by atoms with van der Waals surface area (Å²) in [7, 11) is 1.58. The zero-order chi connectivity index (χ0) is 29.2. The van der Waals surface area contributed by atoms with Crippen molar-refractivity contribution >= 4 is 28.9 Å². The second kappa shape index (κ2) is 11.4. The van der Waals surface area contributed by atoms with E-state index in [1.807, 2.05) is 0 Å². The van der Waals surface area contributed by atoms with E-state index < -0.39 is 30.2 Å². The largest absolute Gasteiger partial charge is 0.444 e. The topological polar surface area (TPSA) is 56.6 Å². The van der Waals surface area contributed by atoms with Crippen LogP contribution in [0, 0.1) is 0 Å². The number of hydrogen-bond donors (Lipinski definition) is 0. The van der Waals surface area contributed by atoms with Gasteiger partial charge in [0.1, 0.15) is 11.4 Å². The van der Waals surface area contributed by atoms with E-state index in [0.717, 1.165) is 18.1 Å². The van der Waals surface area contributed by atoms with Crippen molar-refractivity contribution < 1.29 is 36.2 Å². The van der Waals surface area contributed by atoms with Crippen molar-refractivity contribution in [2.45, 2.75) is 50.6 Å². The van der Waals surface area contributed by atoms with E-state index in [-0.39, 0.29) is 23.4 Å². The van der Waals surface area contributed by atoms with Gasteiger partial charge >= 0.3 is 18.9 Å². The van der Waals surface area contributed by atoms with Gasteiger partial charge in [-0.25, -0.2) is 4.79 Å². The molecule has 0 radical (unpaired) electrons. The minimum atomic E-state index is -4.66. The van der Waals surface area contributed by atoms with Crippen LogP contribution in [0.1, 0.15) is 32.0 Å². The van der Waals surface area contributed by atoms with Crippen LogP contribution in [0.25, 0.3) is 22.0 Å². The highest BCUT2D eigenvalue weighted by Crippen LogP contribution is 2.38. The molecule has 4 aromatic rings. The summed E-state index contributed by atoms with van der Waals surface area (Å²) < 4.78 is 78.2. The Morgan fingerprint density at radius 3 is 2.50 bits per heavy atom. The molecular formula is C28H26F5N3O3S. The molecule has 0 saturated carbocycles. The molecule has 40 heavy (non-hydrogen) atoms. The Morgan fingerprint density at radius 1 is 1.07 bits per heavy atom. The van der Waals surface area contributed by atoms with Gasteiger partial charge in [-0.3, -0.25) is 8.96 Å². The van der Waals surface area contributed by atoms with Crippen LogP contribution in [-0.2, 0) is 17.5 Å². The van der Waals surface area contributed by atoms with Crippen LogP contribution in [0.2, 0.25) is 0 Å². The predicted molar refractivity (Wildman–Crippen MR) is 142 cm³/mol. The van der Waals surface area contributed by atoms with Crippen molar-refractivity contribution in [3.63, 3.8) is 0 Å². The summed E-state index contributed by atoms with van der Waals surface area (Å²) in [5.74, 6) is -0.0350. The average molecular weight is 580 g/mol. The molecule has 212 valence electrons. The highest BCUT2D eigenvalue weighted by Gasteiger charge is 2.35. The Hall–Kier alpha value is -3.80. The molecule has 2 heterocycles.